The minimum Gasteiger partial charge on any atom is -0.496 e. The second kappa shape index (κ2) is 14.8. The van der Waals surface area contributed by atoms with Gasteiger partial charge in [0, 0.05) is 25.2 Å². The molecule has 1 aliphatic carbocycles. The molecule has 0 spiro atoms. The summed E-state index contributed by atoms with van der Waals surface area (Å²) in [6.45, 7) is 11.9. The molecule has 5 heteroatoms. The number of ether oxygens (including phenoxy) is 2. The zero-order valence-corrected chi connectivity index (χ0v) is 24.7. The van der Waals surface area contributed by atoms with Gasteiger partial charge in [-0.2, -0.15) is 0 Å². The van der Waals surface area contributed by atoms with Gasteiger partial charge >= 0.3 is 5.97 Å². The Morgan fingerprint density at radius 3 is 2.32 bits per heavy atom. The third kappa shape index (κ3) is 10.7. The van der Waals surface area contributed by atoms with Crippen molar-refractivity contribution in [2.45, 2.75) is 92.1 Å². The Labute approximate surface area is 230 Å². The Kier molecular flexibility index (Phi) is 12.1. The number of esters is 1. The molecule has 5 nitrogen and oxygen atoms in total. The first-order valence-corrected chi connectivity index (χ1v) is 13.8. The van der Waals surface area contributed by atoms with Crippen LogP contribution in [0.3, 0.4) is 0 Å². The van der Waals surface area contributed by atoms with Gasteiger partial charge in [-0.3, -0.25) is 4.79 Å². The van der Waals surface area contributed by atoms with Crippen LogP contribution in [0.5, 0.6) is 5.75 Å². The minimum absolute atomic E-state index is 0.0521. The Morgan fingerprint density at radius 2 is 1.74 bits per heavy atom. The lowest BCUT2D eigenvalue weighted by molar-refractivity contribution is -0.141. The number of nitrogens with zero attached hydrogens (tertiary/aromatic N) is 1. The van der Waals surface area contributed by atoms with Crippen LogP contribution in [0.15, 0.2) is 48.5 Å². The number of carbonyl (C=O) groups excluding carboxylic acids is 2. The first-order chi connectivity index (χ1) is 17.9. The summed E-state index contributed by atoms with van der Waals surface area (Å²) < 4.78 is 10.3. The normalized spacial score (nSPS) is 14.1. The fourth-order valence-corrected chi connectivity index (χ4v) is 4.58. The van der Waals surface area contributed by atoms with Crippen LogP contribution in [0.1, 0.15) is 95.8 Å². The van der Waals surface area contributed by atoms with E-state index in [1.165, 1.54) is 49.3 Å². The number of hydrogen-bond acceptors (Lipinski definition) is 4. The summed E-state index contributed by atoms with van der Waals surface area (Å²) in [6, 6.07) is 14.1. The van der Waals surface area contributed by atoms with E-state index in [0.29, 0.717) is 6.42 Å². The van der Waals surface area contributed by atoms with Crippen molar-refractivity contribution in [3.8, 4) is 5.75 Å². The monoisotopic (exact) mass is 521 g/mol. The number of benzene rings is 2. The van der Waals surface area contributed by atoms with Gasteiger partial charge in [0.15, 0.2) is 0 Å². The van der Waals surface area contributed by atoms with Crippen LogP contribution >= 0.6 is 0 Å². The highest BCUT2D eigenvalue weighted by atomic mass is 16.5. The summed E-state index contributed by atoms with van der Waals surface area (Å²) >= 11 is 0. The van der Waals surface area contributed by atoms with Gasteiger partial charge in [-0.05, 0) is 85.9 Å². The molecule has 1 fully saturated rings. The highest BCUT2D eigenvalue weighted by Crippen LogP contribution is 2.34. The van der Waals surface area contributed by atoms with Gasteiger partial charge in [-0.15, -0.1) is 0 Å². The number of amides is 1. The highest BCUT2D eigenvalue weighted by Gasteiger charge is 2.20. The molecule has 0 atom stereocenters. The van der Waals surface area contributed by atoms with Crippen LogP contribution in [0, 0.1) is 12.3 Å². The van der Waals surface area contributed by atoms with Crippen LogP contribution in [0.4, 0.5) is 5.69 Å². The summed E-state index contributed by atoms with van der Waals surface area (Å²) in [5.41, 5.74) is 4.37. The summed E-state index contributed by atoms with van der Waals surface area (Å²) in [5, 5.41) is 0. The smallest absolute Gasteiger partial charge is 0.331 e. The van der Waals surface area contributed by atoms with Crippen molar-refractivity contribution in [1.82, 2.24) is 0 Å². The van der Waals surface area contributed by atoms with Crippen molar-refractivity contribution >= 4 is 23.6 Å². The zero-order chi connectivity index (χ0) is 28.3. The molecule has 38 heavy (non-hydrogen) atoms. The number of methoxy groups -OCH3 is 1. The molecule has 0 aromatic heterocycles. The molecule has 0 bridgehead atoms. The van der Waals surface area contributed by atoms with Gasteiger partial charge in [-0.25, -0.2) is 4.79 Å². The standard InChI is InChI=1S/C19H27NO3.C14H20O/c1-14(2)23-18(22)11-10-15-8-7-9-16(12-15)20(6)17(21)13-19(3,4)5;1-11-10-13(8-9-14(11)15-2)12-6-4-3-5-7-12/h7-12,14H,13H2,1-6H3;8-10,12H,3-7H2,1-2H3/b11-10+;. The SMILES string of the molecule is CC(C)OC(=O)/C=C/c1cccc(N(C)C(=O)CC(C)(C)C)c1.COc1ccc(C2CCCCC2)cc1C. The van der Waals surface area contributed by atoms with Crippen molar-refractivity contribution in [1.29, 1.82) is 0 Å². The third-order valence-electron chi connectivity index (χ3n) is 6.57. The van der Waals surface area contributed by atoms with E-state index < -0.39 is 0 Å². The Hall–Kier alpha value is -3.08. The van der Waals surface area contributed by atoms with E-state index in [1.807, 2.05) is 58.9 Å². The number of aryl methyl sites for hydroxylation is 1. The molecule has 0 saturated heterocycles. The number of anilines is 1. The second-order valence-corrected chi connectivity index (χ2v) is 11.7. The van der Waals surface area contributed by atoms with Gasteiger partial charge in [0.2, 0.25) is 5.91 Å². The molecule has 1 amide bonds. The van der Waals surface area contributed by atoms with Crippen molar-refractivity contribution in [3.05, 3.63) is 65.2 Å². The van der Waals surface area contributed by atoms with Crippen LogP contribution < -0.4 is 9.64 Å². The molecule has 3 rings (SSSR count). The molecule has 0 unspecified atom stereocenters. The summed E-state index contributed by atoms with van der Waals surface area (Å²) in [7, 11) is 3.51. The lowest BCUT2D eigenvalue weighted by Gasteiger charge is -2.23. The third-order valence-corrected chi connectivity index (χ3v) is 6.57. The Morgan fingerprint density at radius 1 is 1.05 bits per heavy atom. The van der Waals surface area contributed by atoms with E-state index in [1.54, 1.807) is 25.1 Å². The van der Waals surface area contributed by atoms with E-state index in [9.17, 15) is 9.59 Å². The molecule has 2 aromatic rings. The first-order valence-electron chi connectivity index (χ1n) is 13.8. The molecule has 2 aromatic carbocycles. The summed E-state index contributed by atoms with van der Waals surface area (Å²) in [4.78, 5) is 25.5. The van der Waals surface area contributed by atoms with E-state index in [2.05, 4.69) is 25.1 Å². The Balaban J connectivity index is 0.000000290. The second-order valence-electron chi connectivity index (χ2n) is 11.7. The van der Waals surface area contributed by atoms with Crippen molar-refractivity contribution in [2.24, 2.45) is 5.41 Å². The lowest BCUT2D eigenvalue weighted by Crippen LogP contribution is -2.29. The number of carbonyl (C=O) groups is 2. The first kappa shape index (κ1) is 31.1. The fraction of sp³-hybridized carbons (Fsp3) is 0.515. The quantitative estimate of drug-likeness (QED) is 0.273. The van der Waals surface area contributed by atoms with Gasteiger partial charge in [0.25, 0.3) is 0 Å². The minimum atomic E-state index is -0.373. The predicted octanol–water partition coefficient (Wildman–Crippen LogP) is 8.10. The number of rotatable bonds is 7. The maximum Gasteiger partial charge on any atom is 0.331 e. The molecule has 208 valence electrons. The number of hydrogen-bond donors (Lipinski definition) is 0. The van der Waals surface area contributed by atoms with Crippen molar-refractivity contribution in [3.63, 3.8) is 0 Å². The molecule has 1 aliphatic rings. The molecule has 0 heterocycles. The molecule has 0 aliphatic heterocycles. The van der Waals surface area contributed by atoms with E-state index >= 15 is 0 Å². The molecular formula is C33H47NO4. The Bertz CT molecular complexity index is 1070. The van der Waals surface area contributed by atoms with Crippen molar-refractivity contribution < 1.29 is 19.1 Å². The maximum atomic E-state index is 12.3. The molecular weight excluding hydrogens is 474 g/mol. The average molecular weight is 522 g/mol. The maximum absolute atomic E-state index is 12.3. The summed E-state index contributed by atoms with van der Waals surface area (Å²) in [6.07, 6.45) is 10.4. The predicted molar refractivity (Wildman–Crippen MR) is 158 cm³/mol. The fourth-order valence-electron chi connectivity index (χ4n) is 4.58. The summed E-state index contributed by atoms with van der Waals surface area (Å²) in [5.74, 6) is 1.50. The highest BCUT2D eigenvalue weighted by molar-refractivity contribution is 5.93. The van der Waals surface area contributed by atoms with Crippen LogP contribution in [0.25, 0.3) is 6.08 Å². The molecule has 0 radical (unpaired) electrons. The molecule has 0 N–H and O–H groups in total. The van der Waals surface area contributed by atoms with Crippen LogP contribution in [-0.2, 0) is 14.3 Å². The van der Waals surface area contributed by atoms with E-state index in [0.717, 1.165) is 22.9 Å². The van der Waals surface area contributed by atoms with Gasteiger partial charge in [-0.1, -0.05) is 64.3 Å². The van der Waals surface area contributed by atoms with Crippen LogP contribution in [-0.4, -0.2) is 32.1 Å². The zero-order valence-electron chi connectivity index (χ0n) is 24.7. The van der Waals surface area contributed by atoms with Crippen LogP contribution in [0.2, 0.25) is 0 Å². The van der Waals surface area contributed by atoms with Gasteiger partial charge in [0.05, 0.1) is 13.2 Å². The van der Waals surface area contributed by atoms with Gasteiger partial charge < -0.3 is 14.4 Å². The largest absolute Gasteiger partial charge is 0.496 e. The molecule has 1 saturated carbocycles. The topological polar surface area (TPSA) is 55.8 Å². The average Bonchev–Trinajstić information content (AvgIpc) is 2.86. The lowest BCUT2D eigenvalue weighted by atomic mass is 9.83. The van der Waals surface area contributed by atoms with E-state index in [-0.39, 0.29) is 23.4 Å². The van der Waals surface area contributed by atoms with Crippen molar-refractivity contribution in [2.75, 3.05) is 19.1 Å². The van der Waals surface area contributed by atoms with Gasteiger partial charge in [0.1, 0.15) is 5.75 Å². The van der Waals surface area contributed by atoms with E-state index in [4.69, 9.17) is 9.47 Å².